The summed E-state index contributed by atoms with van der Waals surface area (Å²) >= 11 is 0. The van der Waals surface area contributed by atoms with Crippen molar-refractivity contribution in [1.29, 1.82) is 0 Å². The number of benzene rings is 2. The minimum atomic E-state index is -4.55. The number of amides is 1. The predicted octanol–water partition coefficient (Wildman–Crippen LogP) is 1.98. The predicted molar refractivity (Wildman–Crippen MR) is 194 cm³/mol. The molecule has 1 fully saturated rings. The molecule has 1 heterocycles. The zero-order valence-electron chi connectivity index (χ0n) is 30.9. The minimum absolute atomic E-state index is 0. The second kappa shape index (κ2) is 22.1. The molecule has 53 heavy (non-hydrogen) atoms. The first-order valence-corrected chi connectivity index (χ1v) is 18.6. The van der Waals surface area contributed by atoms with Crippen molar-refractivity contribution in [2.75, 3.05) is 91.7 Å². The van der Waals surface area contributed by atoms with Crippen LogP contribution in [-0.2, 0) is 28.3 Å². The molecule has 1 unspecified atom stereocenters. The van der Waals surface area contributed by atoms with Crippen LogP contribution in [-0.4, -0.2) is 155 Å². The van der Waals surface area contributed by atoms with Crippen LogP contribution in [0.25, 0.3) is 11.1 Å². The van der Waals surface area contributed by atoms with E-state index < -0.39 is 31.6 Å². The molecule has 2 aromatic carbocycles. The monoisotopic (exact) mass is 907 g/mol. The Morgan fingerprint density at radius 3 is 1.49 bits per heavy atom. The molecule has 0 bridgehead atoms. The van der Waals surface area contributed by atoms with Crippen molar-refractivity contribution in [2.45, 2.75) is 34.6 Å². The average Bonchev–Trinajstić information content (AvgIpc) is 3.01. The van der Waals surface area contributed by atoms with E-state index in [1.807, 2.05) is 19.9 Å². The summed E-state index contributed by atoms with van der Waals surface area (Å²) < 4.78 is 23.4. The Morgan fingerprint density at radius 1 is 0.660 bits per heavy atom. The van der Waals surface area contributed by atoms with Crippen LogP contribution in [0.2, 0.25) is 0 Å². The first-order valence-electron chi connectivity index (χ1n) is 17.1. The number of nitrogens with one attached hydrogen (secondary N) is 1. The van der Waals surface area contributed by atoms with Crippen LogP contribution in [0.4, 0.5) is 0 Å². The number of aryl methyl sites for hydroxylation is 5. The summed E-state index contributed by atoms with van der Waals surface area (Å²) in [7, 11) is -4.55. The van der Waals surface area contributed by atoms with Gasteiger partial charge in [-0.25, -0.2) is 4.57 Å². The van der Waals surface area contributed by atoms with E-state index >= 15 is 0 Å². The molecular weight excluding hydrogens is 855 g/mol. The molecule has 293 valence electrons. The molecule has 5 N–H and O–H groups in total. The van der Waals surface area contributed by atoms with E-state index in [2.05, 4.69) is 31.3 Å². The van der Waals surface area contributed by atoms with Crippen LogP contribution in [0, 0.1) is 74.6 Å². The van der Waals surface area contributed by atoms with Gasteiger partial charge in [-0.1, -0.05) is 17.7 Å². The standard InChI is InChI=1S/C35H52N5O11P.Gd/c1-24-16-27(4)35(28(5)17-24)29-18-26(3)30(19-25(29)2)51-52(48,49)50-15-6-36-31(41)20-37-7-9-38(21-32(42)43)11-13-40(23-34(46)47)14-12-39(10-8-37)22-33(44)45;/h16-19H,6-15,20-23H2,1-5H3,(H,36,41)(H,42,43)(H,44,45)(H,46,47)(H,48,49);/q;+3. The molecule has 16 nitrogen and oxygen atoms in total. The average molecular weight is 907 g/mol. The summed E-state index contributed by atoms with van der Waals surface area (Å²) in [6.45, 7) is 10.6. The van der Waals surface area contributed by atoms with Crippen LogP contribution in [0.15, 0.2) is 24.3 Å². The normalized spacial score (nSPS) is 16.7. The van der Waals surface area contributed by atoms with Gasteiger partial charge in [-0.05, 0) is 80.1 Å². The van der Waals surface area contributed by atoms with Gasteiger partial charge in [0.05, 0.1) is 32.8 Å². The molecule has 0 aliphatic carbocycles. The summed E-state index contributed by atoms with van der Waals surface area (Å²) in [6.07, 6.45) is 0. The molecule has 1 amide bonds. The van der Waals surface area contributed by atoms with Gasteiger partial charge in [0, 0.05) is 58.9 Å². The number of carbonyl (C=O) groups excluding carboxylic acids is 1. The fraction of sp³-hybridized carbons (Fsp3) is 0.543. The van der Waals surface area contributed by atoms with E-state index in [-0.39, 0.29) is 137 Å². The molecule has 0 saturated carbocycles. The topological polar surface area (TPSA) is 210 Å². The van der Waals surface area contributed by atoms with Gasteiger partial charge in [-0.3, -0.25) is 48.2 Å². The van der Waals surface area contributed by atoms with Crippen molar-refractivity contribution >= 4 is 31.6 Å². The summed E-state index contributed by atoms with van der Waals surface area (Å²) in [5.74, 6) is -3.35. The maximum atomic E-state index is 12.9. The maximum Gasteiger partial charge on any atom is 3.00 e. The Morgan fingerprint density at radius 2 is 1.08 bits per heavy atom. The van der Waals surface area contributed by atoms with Crippen molar-refractivity contribution in [1.82, 2.24) is 24.9 Å². The third-order valence-electron chi connectivity index (χ3n) is 8.73. The van der Waals surface area contributed by atoms with Crippen molar-refractivity contribution in [2.24, 2.45) is 0 Å². The van der Waals surface area contributed by atoms with Gasteiger partial charge in [0.2, 0.25) is 5.91 Å². The molecule has 18 heteroatoms. The summed E-state index contributed by atoms with van der Waals surface area (Å²) in [6, 6.07) is 7.85. The molecule has 1 saturated heterocycles. The van der Waals surface area contributed by atoms with Gasteiger partial charge in [0.25, 0.3) is 0 Å². The number of carboxylic acids is 3. The number of hydrogen-bond acceptors (Lipinski definition) is 11. The Bertz CT molecular complexity index is 1590. The number of carboxylic acid groups (broad SMARTS) is 3. The molecule has 2 aromatic rings. The molecule has 3 rings (SSSR count). The van der Waals surface area contributed by atoms with Crippen molar-refractivity contribution in [3.63, 3.8) is 0 Å². The van der Waals surface area contributed by atoms with E-state index in [1.54, 1.807) is 32.6 Å². The SMILES string of the molecule is Cc1cc(C)c(-c2cc(C)c(OP(=O)(O)OCCNC(=O)CN3CCN(CC(=O)O)CCN(CC(=O)O)CCN(CC(=O)O)CC3)cc2C)c(C)c1.[Gd+3]. The smallest absolute Gasteiger partial charge is 0.480 e. The Kier molecular flexibility index (Phi) is 19.4. The molecule has 1 atom stereocenters. The number of aliphatic carboxylic acids is 3. The second-order valence-corrected chi connectivity index (χ2v) is 14.6. The molecule has 0 spiro atoms. The number of nitrogens with zero attached hydrogens (tertiary/aromatic N) is 4. The Labute approximate surface area is 342 Å². The molecule has 0 aromatic heterocycles. The second-order valence-electron chi connectivity index (χ2n) is 13.2. The van der Waals surface area contributed by atoms with Gasteiger partial charge in [-0.2, -0.15) is 0 Å². The molecule has 1 aliphatic heterocycles. The maximum absolute atomic E-state index is 12.9. The summed E-state index contributed by atoms with van der Waals surface area (Å²) in [4.78, 5) is 64.5. The zero-order chi connectivity index (χ0) is 38.6. The number of carbonyl (C=O) groups is 4. The molecule has 1 aliphatic rings. The Balaban J connectivity index is 0.00000972. The number of rotatable bonds is 15. The van der Waals surface area contributed by atoms with Gasteiger partial charge >= 0.3 is 65.7 Å². The first kappa shape index (κ1) is 46.6. The number of phosphoric ester groups is 1. The van der Waals surface area contributed by atoms with Gasteiger partial charge < -0.3 is 25.2 Å². The van der Waals surface area contributed by atoms with E-state index in [0.717, 1.165) is 27.8 Å². The largest absolute Gasteiger partial charge is 3.00 e. The van der Waals surface area contributed by atoms with E-state index in [4.69, 9.17) is 9.05 Å². The van der Waals surface area contributed by atoms with E-state index in [0.29, 0.717) is 5.56 Å². The first-order chi connectivity index (χ1) is 24.4. The van der Waals surface area contributed by atoms with Crippen LogP contribution < -0.4 is 9.84 Å². The van der Waals surface area contributed by atoms with E-state index in [9.17, 15) is 44.0 Å². The fourth-order valence-electron chi connectivity index (χ4n) is 6.31. The van der Waals surface area contributed by atoms with Crippen LogP contribution in [0.3, 0.4) is 0 Å². The van der Waals surface area contributed by atoms with Gasteiger partial charge in [-0.15, -0.1) is 0 Å². The van der Waals surface area contributed by atoms with Gasteiger partial charge in [0.15, 0.2) is 0 Å². The third kappa shape index (κ3) is 16.4. The van der Waals surface area contributed by atoms with Crippen molar-refractivity contribution in [3.8, 4) is 16.9 Å². The van der Waals surface area contributed by atoms with Crippen LogP contribution in [0.1, 0.15) is 27.8 Å². The van der Waals surface area contributed by atoms with Crippen LogP contribution in [0.5, 0.6) is 5.75 Å². The minimum Gasteiger partial charge on any atom is -0.480 e. The Hall–Kier alpha value is -2.57. The quantitative estimate of drug-likeness (QED) is 0.128. The summed E-state index contributed by atoms with van der Waals surface area (Å²) in [5.41, 5.74) is 7.03. The van der Waals surface area contributed by atoms with Gasteiger partial charge in [0.1, 0.15) is 5.75 Å². The third-order valence-corrected chi connectivity index (χ3v) is 9.67. The molecule has 1 radical (unpaired) electrons. The molecular formula is C35H52GdN5O11P+3. The van der Waals surface area contributed by atoms with Crippen molar-refractivity contribution in [3.05, 3.63) is 52.1 Å². The fourth-order valence-corrected chi connectivity index (χ4v) is 7.13. The van der Waals surface area contributed by atoms with E-state index in [1.165, 1.54) is 5.56 Å². The number of hydrogen-bond donors (Lipinski definition) is 5. The van der Waals surface area contributed by atoms with Crippen LogP contribution >= 0.6 is 7.82 Å². The number of phosphoric acid groups is 1. The zero-order valence-corrected chi connectivity index (χ0v) is 34.1. The summed E-state index contributed by atoms with van der Waals surface area (Å²) in [5, 5.41) is 30.8. The van der Waals surface area contributed by atoms with Crippen molar-refractivity contribution < 1.29 is 92.9 Å².